The molecule has 22 heavy (non-hydrogen) atoms. The standard InChI is InChI=1S/C21H14O/c1-2-10-17-14(7-1)20-15-8-3-5-12-11-13-6-4-9-16(21(20)22-17)19(13)18(12)15/h1-10,20-21H,11H2. The molecule has 0 amide bonds. The van der Waals surface area contributed by atoms with E-state index in [-0.39, 0.29) is 6.10 Å². The number of rotatable bonds is 0. The minimum Gasteiger partial charge on any atom is -0.484 e. The minimum atomic E-state index is 0.133. The van der Waals surface area contributed by atoms with Gasteiger partial charge in [-0.05, 0) is 40.3 Å². The van der Waals surface area contributed by atoms with E-state index in [0.29, 0.717) is 5.92 Å². The third-order valence-corrected chi connectivity index (χ3v) is 5.45. The summed E-state index contributed by atoms with van der Waals surface area (Å²) in [5.74, 6) is 1.39. The summed E-state index contributed by atoms with van der Waals surface area (Å²) in [6.45, 7) is 0. The van der Waals surface area contributed by atoms with Crippen LogP contribution in [0.2, 0.25) is 0 Å². The molecule has 3 aromatic carbocycles. The molecule has 2 aliphatic carbocycles. The number of hydrogen-bond donors (Lipinski definition) is 0. The van der Waals surface area contributed by atoms with E-state index < -0.39 is 0 Å². The Hall–Kier alpha value is -2.54. The van der Waals surface area contributed by atoms with Gasteiger partial charge in [0.2, 0.25) is 0 Å². The average Bonchev–Trinajstić information content (AvgIpc) is 3.13. The molecule has 0 N–H and O–H groups in total. The van der Waals surface area contributed by atoms with Gasteiger partial charge in [-0.3, -0.25) is 0 Å². The predicted octanol–water partition coefficient (Wildman–Crippen LogP) is 4.84. The monoisotopic (exact) mass is 282 g/mol. The molecule has 104 valence electrons. The van der Waals surface area contributed by atoms with E-state index in [1.807, 2.05) is 0 Å². The molecule has 1 aliphatic heterocycles. The van der Waals surface area contributed by atoms with Gasteiger partial charge in [-0.25, -0.2) is 0 Å². The number of fused-ring (bicyclic) bond motifs is 5. The van der Waals surface area contributed by atoms with Crippen LogP contribution >= 0.6 is 0 Å². The van der Waals surface area contributed by atoms with Gasteiger partial charge in [0.05, 0.1) is 5.92 Å². The van der Waals surface area contributed by atoms with Crippen LogP contribution in [-0.2, 0) is 6.42 Å². The summed E-state index contributed by atoms with van der Waals surface area (Å²) in [5.41, 5.74) is 10.0. The minimum absolute atomic E-state index is 0.133. The van der Waals surface area contributed by atoms with Crippen molar-refractivity contribution in [3.05, 3.63) is 88.5 Å². The molecule has 1 heteroatoms. The zero-order valence-corrected chi connectivity index (χ0v) is 12.0. The van der Waals surface area contributed by atoms with Crippen molar-refractivity contribution in [3.63, 3.8) is 0 Å². The number of hydrogen-bond acceptors (Lipinski definition) is 1. The first-order valence-corrected chi connectivity index (χ1v) is 7.91. The van der Waals surface area contributed by atoms with E-state index in [9.17, 15) is 0 Å². The van der Waals surface area contributed by atoms with Crippen LogP contribution in [-0.4, -0.2) is 0 Å². The van der Waals surface area contributed by atoms with E-state index in [0.717, 1.165) is 12.2 Å². The number of benzene rings is 3. The van der Waals surface area contributed by atoms with Crippen LogP contribution in [0.3, 0.4) is 0 Å². The summed E-state index contributed by atoms with van der Waals surface area (Å²) < 4.78 is 6.37. The van der Waals surface area contributed by atoms with Gasteiger partial charge in [0, 0.05) is 11.1 Å². The molecule has 2 atom stereocenters. The Morgan fingerprint density at radius 3 is 2.23 bits per heavy atom. The van der Waals surface area contributed by atoms with E-state index >= 15 is 0 Å². The van der Waals surface area contributed by atoms with Crippen LogP contribution in [0.5, 0.6) is 5.75 Å². The first-order valence-electron chi connectivity index (χ1n) is 7.91. The Balaban J connectivity index is 1.75. The fourth-order valence-corrected chi connectivity index (χ4v) is 4.63. The molecule has 0 saturated heterocycles. The van der Waals surface area contributed by atoms with Crippen molar-refractivity contribution in [2.75, 3.05) is 0 Å². The highest BCUT2D eigenvalue weighted by molar-refractivity contribution is 5.86. The Morgan fingerprint density at radius 1 is 0.682 bits per heavy atom. The molecule has 1 heterocycles. The van der Waals surface area contributed by atoms with Crippen molar-refractivity contribution < 1.29 is 4.74 Å². The number of ether oxygens (including phenoxy) is 1. The fourth-order valence-electron chi connectivity index (χ4n) is 4.63. The third kappa shape index (κ3) is 1.14. The molecule has 3 aromatic rings. The zero-order valence-electron chi connectivity index (χ0n) is 12.0. The lowest BCUT2D eigenvalue weighted by atomic mass is 9.75. The van der Waals surface area contributed by atoms with E-state index in [1.54, 1.807) is 0 Å². The van der Waals surface area contributed by atoms with Crippen LogP contribution in [0.1, 0.15) is 39.8 Å². The van der Waals surface area contributed by atoms with Gasteiger partial charge in [-0.2, -0.15) is 0 Å². The van der Waals surface area contributed by atoms with Gasteiger partial charge in [0.25, 0.3) is 0 Å². The molecule has 0 fully saturated rings. The average molecular weight is 282 g/mol. The van der Waals surface area contributed by atoms with Gasteiger partial charge in [0.15, 0.2) is 0 Å². The third-order valence-electron chi connectivity index (χ3n) is 5.45. The quantitative estimate of drug-likeness (QED) is 0.448. The molecule has 6 rings (SSSR count). The molecular weight excluding hydrogens is 268 g/mol. The predicted molar refractivity (Wildman–Crippen MR) is 86.3 cm³/mol. The normalized spacial score (nSPS) is 21.8. The van der Waals surface area contributed by atoms with E-state index in [4.69, 9.17) is 4.74 Å². The summed E-state index contributed by atoms with van der Waals surface area (Å²) >= 11 is 0. The molecule has 0 saturated carbocycles. The van der Waals surface area contributed by atoms with Crippen molar-refractivity contribution in [1.82, 2.24) is 0 Å². The second-order valence-corrected chi connectivity index (χ2v) is 6.49. The summed E-state index contributed by atoms with van der Waals surface area (Å²) in [6, 6.07) is 22.0. The van der Waals surface area contributed by atoms with Gasteiger partial charge in [-0.15, -0.1) is 0 Å². The second kappa shape index (κ2) is 3.61. The smallest absolute Gasteiger partial charge is 0.135 e. The highest BCUT2D eigenvalue weighted by Gasteiger charge is 2.44. The Bertz CT molecular complexity index is 954. The first-order chi connectivity index (χ1) is 10.9. The van der Waals surface area contributed by atoms with Crippen molar-refractivity contribution in [2.24, 2.45) is 0 Å². The lowest BCUT2D eigenvalue weighted by Crippen LogP contribution is -2.17. The maximum atomic E-state index is 6.37. The van der Waals surface area contributed by atoms with Crippen LogP contribution < -0.4 is 4.74 Å². The molecule has 2 unspecified atom stereocenters. The highest BCUT2D eigenvalue weighted by Crippen LogP contribution is 2.59. The zero-order chi connectivity index (χ0) is 14.3. The molecule has 0 bridgehead atoms. The molecule has 1 nitrogen and oxygen atoms in total. The summed E-state index contributed by atoms with van der Waals surface area (Å²) in [4.78, 5) is 0. The highest BCUT2D eigenvalue weighted by atomic mass is 16.5. The first kappa shape index (κ1) is 11.1. The Labute approximate surface area is 129 Å². The Morgan fingerprint density at radius 2 is 1.36 bits per heavy atom. The number of para-hydroxylation sites is 1. The fraction of sp³-hybridized carbons (Fsp3) is 0.143. The molecular formula is C21H14O. The van der Waals surface area contributed by atoms with Crippen LogP contribution in [0.15, 0.2) is 60.7 Å². The SMILES string of the molecule is c1ccc2c(c1)OC1c3cccc4c3-c3c(cccc3C21)C4. The Kier molecular flexibility index (Phi) is 1.82. The van der Waals surface area contributed by atoms with Crippen molar-refractivity contribution in [3.8, 4) is 16.9 Å². The maximum Gasteiger partial charge on any atom is 0.135 e. The van der Waals surface area contributed by atoms with Crippen molar-refractivity contribution >= 4 is 0 Å². The topological polar surface area (TPSA) is 9.23 Å². The van der Waals surface area contributed by atoms with Crippen LogP contribution in [0, 0.1) is 0 Å². The second-order valence-electron chi connectivity index (χ2n) is 6.49. The van der Waals surface area contributed by atoms with E-state index in [2.05, 4.69) is 60.7 Å². The van der Waals surface area contributed by atoms with Crippen molar-refractivity contribution in [2.45, 2.75) is 18.4 Å². The summed E-state index contributed by atoms with van der Waals surface area (Å²) in [5, 5.41) is 0. The van der Waals surface area contributed by atoms with Gasteiger partial charge < -0.3 is 4.74 Å². The lowest BCUT2D eigenvalue weighted by molar-refractivity contribution is 0.221. The lowest BCUT2D eigenvalue weighted by Gasteiger charge is -2.29. The largest absolute Gasteiger partial charge is 0.484 e. The van der Waals surface area contributed by atoms with Crippen LogP contribution in [0.4, 0.5) is 0 Å². The van der Waals surface area contributed by atoms with Gasteiger partial charge in [0.1, 0.15) is 11.9 Å². The maximum absolute atomic E-state index is 6.37. The van der Waals surface area contributed by atoms with Gasteiger partial charge in [-0.1, -0.05) is 54.6 Å². The van der Waals surface area contributed by atoms with E-state index in [1.165, 1.54) is 38.9 Å². The van der Waals surface area contributed by atoms with Gasteiger partial charge >= 0.3 is 0 Å². The molecule has 0 aromatic heterocycles. The summed E-state index contributed by atoms with van der Waals surface area (Å²) in [6.07, 6.45) is 1.20. The van der Waals surface area contributed by atoms with Crippen LogP contribution in [0.25, 0.3) is 11.1 Å². The summed E-state index contributed by atoms with van der Waals surface area (Å²) in [7, 11) is 0. The molecule has 3 aliphatic rings. The molecule has 0 radical (unpaired) electrons. The molecule has 0 spiro atoms. The van der Waals surface area contributed by atoms with Crippen molar-refractivity contribution in [1.29, 1.82) is 0 Å².